The zero-order chi connectivity index (χ0) is 35.6. The number of hydrogen-bond acceptors (Lipinski definition) is 0. The smallest absolute Gasteiger partial charge is 0.0138 e. The van der Waals surface area contributed by atoms with Crippen molar-refractivity contribution < 1.29 is 0 Å². The minimum absolute atomic E-state index is 0.166. The molecule has 4 aliphatic carbocycles. The van der Waals surface area contributed by atoms with Gasteiger partial charge in [-0.1, -0.05) is 206 Å². The summed E-state index contributed by atoms with van der Waals surface area (Å²) >= 11 is 0. The summed E-state index contributed by atoms with van der Waals surface area (Å²) in [5, 5.41) is 10.5. The number of fused-ring (bicyclic) bond motifs is 6. The molecule has 0 heteroatoms. The van der Waals surface area contributed by atoms with Gasteiger partial charge in [-0.3, -0.25) is 0 Å². The van der Waals surface area contributed by atoms with E-state index in [-0.39, 0.29) is 11.8 Å². The van der Waals surface area contributed by atoms with Gasteiger partial charge in [0.25, 0.3) is 0 Å². The van der Waals surface area contributed by atoms with Gasteiger partial charge in [0.15, 0.2) is 0 Å². The van der Waals surface area contributed by atoms with Crippen LogP contribution in [0.3, 0.4) is 0 Å². The maximum atomic E-state index is 2.49. The first-order valence-corrected chi connectivity index (χ1v) is 19.3. The lowest BCUT2D eigenvalue weighted by Crippen LogP contribution is -2.40. The van der Waals surface area contributed by atoms with Gasteiger partial charge in [-0.2, -0.15) is 0 Å². The van der Waals surface area contributed by atoms with Gasteiger partial charge in [-0.05, 0) is 87.3 Å². The van der Waals surface area contributed by atoms with E-state index >= 15 is 0 Å². The summed E-state index contributed by atoms with van der Waals surface area (Å²) in [6, 6.07) is 52.0. The third-order valence-electron chi connectivity index (χ3n) is 12.2. The van der Waals surface area contributed by atoms with Crippen molar-refractivity contribution in [2.24, 2.45) is 23.7 Å². The average Bonchev–Trinajstić information content (AvgIpc) is 3.25. The van der Waals surface area contributed by atoms with Gasteiger partial charge in [0.05, 0.1) is 0 Å². The van der Waals surface area contributed by atoms with Crippen LogP contribution in [0.4, 0.5) is 0 Å². The van der Waals surface area contributed by atoms with Crippen LogP contribution >= 0.6 is 0 Å². The fourth-order valence-corrected chi connectivity index (χ4v) is 9.87. The molecule has 0 nitrogen and oxygen atoms in total. The summed E-state index contributed by atoms with van der Waals surface area (Å²) < 4.78 is 0. The molecule has 0 aromatic heterocycles. The third kappa shape index (κ3) is 4.77. The Morgan fingerprint density at radius 2 is 0.815 bits per heavy atom. The summed E-state index contributed by atoms with van der Waals surface area (Å²) in [5.74, 6) is 1.14. The van der Waals surface area contributed by atoms with Gasteiger partial charge in [-0.25, -0.2) is 0 Å². The average molecular weight is 687 g/mol. The van der Waals surface area contributed by atoms with Crippen molar-refractivity contribution in [3.63, 3.8) is 0 Å². The van der Waals surface area contributed by atoms with Crippen molar-refractivity contribution in [2.75, 3.05) is 0 Å². The molecule has 11 rings (SSSR count). The molecule has 54 heavy (non-hydrogen) atoms. The normalized spacial score (nSPS) is 21.0. The van der Waals surface area contributed by atoms with Crippen LogP contribution in [0.5, 0.6) is 0 Å². The Bertz CT molecular complexity index is 2940. The molecule has 0 saturated heterocycles. The van der Waals surface area contributed by atoms with E-state index < -0.39 is 0 Å². The van der Waals surface area contributed by atoms with Crippen molar-refractivity contribution >= 4 is 49.0 Å². The molecular formula is C54H38. The third-order valence-corrected chi connectivity index (χ3v) is 12.2. The Balaban J connectivity index is 1.24. The molecular weight excluding hydrogens is 649 g/mol. The number of allylic oxidation sites excluding steroid dienone is 12. The predicted molar refractivity (Wildman–Crippen MR) is 229 cm³/mol. The van der Waals surface area contributed by atoms with Crippen LogP contribution in [-0.4, -0.2) is 0 Å². The first kappa shape index (κ1) is 31.1. The van der Waals surface area contributed by atoms with E-state index in [9.17, 15) is 0 Å². The maximum Gasteiger partial charge on any atom is 0.0138 e. The lowest BCUT2D eigenvalue weighted by atomic mass is 9.68. The molecule has 0 N–H and O–H groups in total. The molecule has 7 aromatic carbocycles. The van der Waals surface area contributed by atoms with Crippen LogP contribution < -0.4 is 10.4 Å². The highest BCUT2D eigenvalue weighted by Gasteiger charge is 2.34. The van der Waals surface area contributed by atoms with Gasteiger partial charge in [0, 0.05) is 23.7 Å². The van der Waals surface area contributed by atoms with E-state index in [1.54, 1.807) is 0 Å². The minimum atomic E-state index is 0.166. The Hall–Kier alpha value is -6.50. The molecule has 0 amide bonds. The standard InChI is InChI=1S/C54H38/c1-2-17-36(18-3-1)39-32-33-50(41-21-7-6-20-40(39)41)52-44-24-10-14-28-48(44)54(49-29-15-11-25-45(49)52)53-46-26-12-8-22-42(46)51(43-23-9-13-27-47(43)53)38-31-30-35-16-4-5-19-37(35)34-38/h1-35,37,44,48H. The summed E-state index contributed by atoms with van der Waals surface area (Å²) in [6.07, 6.45) is 25.7. The van der Waals surface area contributed by atoms with E-state index in [4.69, 9.17) is 0 Å². The van der Waals surface area contributed by atoms with E-state index in [0.29, 0.717) is 11.8 Å². The van der Waals surface area contributed by atoms with E-state index in [0.717, 1.165) is 0 Å². The maximum absolute atomic E-state index is 2.49. The summed E-state index contributed by atoms with van der Waals surface area (Å²) in [5.41, 5.74) is 10.7. The van der Waals surface area contributed by atoms with Crippen molar-refractivity contribution in [1.82, 2.24) is 0 Å². The quantitative estimate of drug-likeness (QED) is 0.162. The molecule has 0 radical (unpaired) electrons. The monoisotopic (exact) mass is 686 g/mol. The first-order chi connectivity index (χ1) is 26.8. The van der Waals surface area contributed by atoms with Crippen molar-refractivity contribution in [3.05, 3.63) is 233 Å². The lowest BCUT2D eigenvalue weighted by Gasteiger charge is -2.35. The number of rotatable bonds is 4. The highest BCUT2D eigenvalue weighted by Crippen LogP contribution is 2.48. The van der Waals surface area contributed by atoms with Crippen molar-refractivity contribution in [3.8, 4) is 11.1 Å². The fourth-order valence-electron chi connectivity index (χ4n) is 9.87. The molecule has 4 atom stereocenters. The molecule has 254 valence electrons. The molecule has 4 aliphatic rings. The van der Waals surface area contributed by atoms with Gasteiger partial charge in [0.2, 0.25) is 0 Å². The first-order valence-electron chi connectivity index (χ1n) is 19.3. The Kier molecular flexibility index (Phi) is 7.23. The van der Waals surface area contributed by atoms with E-state index in [1.165, 1.54) is 87.3 Å². The number of benzene rings is 7. The predicted octanol–water partition coefficient (Wildman–Crippen LogP) is 11.9. The Labute approximate surface area is 316 Å². The summed E-state index contributed by atoms with van der Waals surface area (Å²) in [4.78, 5) is 0. The second-order valence-electron chi connectivity index (χ2n) is 15.0. The molecule has 0 bridgehead atoms. The largest absolute Gasteiger partial charge is 0.0767 e. The zero-order valence-electron chi connectivity index (χ0n) is 29.9. The van der Waals surface area contributed by atoms with Gasteiger partial charge >= 0.3 is 0 Å². The molecule has 0 heterocycles. The van der Waals surface area contributed by atoms with Crippen molar-refractivity contribution in [2.45, 2.75) is 0 Å². The zero-order valence-corrected chi connectivity index (χ0v) is 29.9. The topological polar surface area (TPSA) is 0 Å². The molecule has 4 unspecified atom stereocenters. The van der Waals surface area contributed by atoms with Crippen LogP contribution in [0.1, 0.15) is 16.7 Å². The Morgan fingerprint density at radius 3 is 1.48 bits per heavy atom. The van der Waals surface area contributed by atoms with E-state index in [1.807, 2.05) is 0 Å². The molecule has 0 saturated carbocycles. The summed E-state index contributed by atoms with van der Waals surface area (Å²) in [7, 11) is 0. The van der Waals surface area contributed by atoms with Gasteiger partial charge in [-0.15, -0.1) is 0 Å². The van der Waals surface area contributed by atoms with Crippen LogP contribution in [0.2, 0.25) is 0 Å². The second kappa shape index (κ2) is 12.6. The van der Waals surface area contributed by atoms with Gasteiger partial charge < -0.3 is 0 Å². The van der Waals surface area contributed by atoms with Crippen LogP contribution in [0.15, 0.2) is 206 Å². The molecule has 0 spiro atoms. The highest BCUT2D eigenvalue weighted by molar-refractivity contribution is 6.17. The summed E-state index contributed by atoms with van der Waals surface area (Å²) in [6.45, 7) is 0. The highest BCUT2D eigenvalue weighted by atomic mass is 14.4. The Morgan fingerprint density at radius 1 is 0.333 bits per heavy atom. The van der Waals surface area contributed by atoms with E-state index in [2.05, 4.69) is 206 Å². The van der Waals surface area contributed by atoms with Gasteiger partial charge in [0.1, 0.15) is 0 Å². The number of hydrogen-bond donors (Lipinski definition) is 0. The SMILES string of the molecule is C1=CC2C=CC(c3c4ccccc4c(C4=c5ccccc5=C(c5ccc(-c6ccccc6)c6ccccc56)C5C=CC=CC45)c4ccccc34)=CC2C=C1. The molecule has 0 aliphatic heterocycles. The van der Waals surface area contributed by atoms with Crippen LogP contribution in [0.25, 0.3) is 60.2 Å². The molecule has 0 fully saturated rings. The minimum Gasteiger partial charge on any atom is -0.0767 e. The lowest BCUT2D eigenvalue weighted by molar-refractivity contribution is 0.663. The second-order valence-corrected chi connectivity index (χ2v) is 15.0. The molecule has 7 aromatic rings. The van der Waals surface area contributed by atoms with Crippen molar-refractivity contribution in [1.29, 1.82) is 0 Å². The fraction of sp³-hybridized carbons (Fsp3) is 0.0741. The van der Waals surface area contributed by atoms with Crippen LogP contribution in [0, 0.1) is 23.7 Å². The van der Waals surface area contributed by atoms with Crippen LogP contribution in [-0.2, 0) is 0 Å².